The lowest BCUT2D eigenvalue weighted by Gasteiger charge is -2.19. The molecule has 2 heteroatoms. The summed E-state index contributed by atoms with van der Waals surface area (Å²) in [7, 11) is 0. The molecule has 1 nitrogen and oxygen atoms in total. The molecule has 0 saturated heterocycles. The molecule has 0 spiro atoms. The maximum atomic E-state index is 8.45. The van der Waals surface area contributed by atoms with Gasteiger partial charge in [-0.25, -0.2) is 0 Å². The van der Waals surface area contributed by atoms with Crippen molar-refractivity contribution in [3.8, 4) is 6.07 Å². The zero-order chi connectivity index (χ0) is 7.45. The Hall–Kier alpha value is -0.550. The van der Waals surface area contributed by atoms with Gasteiger partial charge in [-0.1, -0.05) is 40.2 Å². The Morgan fingerprint density at radius 1 is 1.60 bits per heavy atom. The van der Waals surface area contributed by atoms with Crippen molar-refractivity contribution in [2.75, 3.05) is 0 Å². The van der Waals surface area contributed by atoms with Gasteiger partial charge in [0.05, 0.1) is 16.8 Å². The lowest BCUT2D eigenvalue weighted by atomic mass is 9.98. The van der Waals surface area contributed by atoms with Gasteiger partial charge in [0.25, 0.3) is 0 Å². The molecule has 0 fully saturated rings. The zero-order valence-corrected chi connectivity index (χ0v) is 7.13. The molecule has 1 rings (SSSR count). The van der Waals surface area contributed by atoms with Crippen LogP contribution < -0.4 is 0 Å². The van der Waals surface area contributed by atoms with E-state index in [9.17, 15) is 0 Å². The van der Waals surface area contributed by atoms with E-state index in [-0.39, 0.29) is 4.32 Å². The summed E-state index contributed by atoms with van der Waals surface area (Å²) in [6.07, 6.45) is 9.50. The van der Waals surface area contributed by atoms with Crippen molar-refractivity contribution in [1.82, 2.24) is 0 Å². The highest BCUT2D eigenvalue weighted by molar-refractivity contribution is 9.10. The highest BCUT2D eigenvalue weighted by Gasteiger charge is 2.22. The molecule has 1 atom stereocenters. The fraction of sp³-hybridized carbons (Fsp3) is 0.375. The minimum absolute atomic E-state index is 0.0868. The standard InChI is InChI=1S/C8H8BrN/c9-8(6-7-10)4-2-1-3-5-8/h1-4H,5-6H2. The van der Waals surface area contributed by atoms with Crippen LogP contribution in [-0.2, 0) is 0 Å². The molecule has 0 amide bonds. The van der Waals surface area contributed by atoms with E-state index in [1.807, 2.05) is 18.2 Å². The first-order valence-electron chi connectivity index (χ1n) is 3.17. The molecule has 0 aromatic rings. The predicted molar refractivity (Wildman–Crippen MR) is 44.8 cm³/mol. The van der Waals surface area contributed by atoms with Crippen molar-refractivity contribution in [2.45, 2.75) is 17.2 Å². The third-order valence-electron chi connectivity index (χ3n) is 1.47. The van der Waals surface area contributed by atoms with Crippen LogP contribution in [0.1, 0.15) is 12.8 Å². The first-order valence-corrected chi connectivity index (χ1v) is 3.96. The quantitative estimate of drug-likeness (QED) is 0.594. The number of nitrogens with zero attached hydrogens (tertiary/aromatic N) is 1. The van der Waals surface area contributed by atoms with E-state index in [1.165, 1.54) is 0 Å². The average molecular weight is 198 g/mol. The monoisotopic (exact) mass is 197 g/mol. The number of alkyl halides is 1. The molecule has 1 unspecified atom stereocenters. The van der Waals surface area contributed by atoms with Crippen LogP contribution in [-0.4, -0.2) is 4.32 Å². The largest absolute Gasteiger partial charge is 0.198 e. The molecule has 0 N–H and O–H groups in total. The highest BCUT2D eigenvalue weighted by atomic mass is 79.9. The highest BCUT2D eigenvalue weighted by Crippen LogP contribution is 2.30. The molecule has 10 heavy (non-hydrogen) atoms. The van der Waals surface area contributed by atoms with E-state index in [1.54, 1.807) is 0 Å². The Bertz CT molecular complexity index is 212. The molecular weight excluding hydrogens is 190 g/mol. The number of halogens is 1. The Labute approximate surface area is 69.2 Å². The molecule has 0 saturated carbocycles. The third kappa shape index (κ3) is 1.71. The van der Waals surface area contributed by atoms with Crippen LogP contribution in [0.3, 0.4) is 0 Å². The molecule has 1 aliphatic rings. The van der Waals surface area contributed by atoms with Gasteiger partial charge in [-0.3, -0.25) is 0 Å². The Morgan fingerprint density at radius 3 is 2.90 bits per heavy atom. The summed E-state index contributed by atoms with van der Waals surface area (Å²) in [5.41, 5.74) is 0. The molecule has 1 aliphatic carbocycles. The van der Waals surface area contributed by atoms with Gasteiger partial charge in [-0.2, -0.15) is 5.26 Å². The molecule has 52 valence electrons. The zero-order valence-electron chi connectivity index (χ0n) is 5.55. The minimum Gasteiger partial charge on any atom is -0.198 e. The SMILES string of the molecule is N#CCC1(Br)C=CC=CC1. The Morgan fingerprint density at radius 2 is 2.40 bits per heavy atom. The maximum Gasteiger partial charge on any atom is 0.0639 e. The van der Waals surface area contributed by atoms with Gasteiger partial charge >= 0.3 is 0 Å². The molecule has 0 radical (unpaired) electrons. The van der Waals surface area contributed by atoms with Crippen LogP contribution in [0.5, 0.6) is 0 Å². The van der Waals surface area contributed by atoms with Gasteiger partial charge < -0.3 is 0 Å². The average Bonchev–Trinajstić information content (AvgIpc) is 1.89. The molecule has 0 aromatic heterocycles. The molecular formula is C8H8BrN. The number of nitriles is 1. The first kappa shape index (κ1) is 7.56. The number of hydrogen-bond donors (Lipinski definition) is 0. The fourth-order valence-corrected chi connectivity index (χ4v) is 1.37. The van der Waals surface area contributed by atoms with Gasteiger partial charge in [-0.05, 0) is 6.42 Å². The normalized spacial score (nSPS) is 30.0. The van der Waals surface area contributed by atoms with Crippen molar-refractivity contribution in [3.05, 3.63) is 24.3 Å². The second-order valence-electron chi connectivity index (χ2n) is 2.36. The molecule has 0 aromatic carbocycles. The van der Waals surface area contributed by atoms with E-state index >= 15 is 0 Å². The van der Waals surface area contributed by atoms with E-state index < -0.39 is 0 Å². The smallest absolute Gasteiger partial charge is 0.0639 e. The van der Waals surface area contributed by atoms with Crippen molar-refractivity contribution < 1.29 is 0 Å². The van der Waals surface area contributed by atoms with Crippen LogP contribution in [0.4, 0.5) is 0 Å². The van der Waals surface area contributed by atoms with E-state index in [0.29, 0.717) is 6.42 Å². The van der Waals surface area contributed by atoms with Crippen molar-refractivity contribution >= 4 is 15.9 Å². The summed E-state index contributed by atoms with van der Waals surface area (Å²) >= 11 is 3.50. The number of allylic oxidation sites excluding steroid dienone is 4. The van der Waals surface area contributed by atoms with Crippen LogP contribution >= 0.6 is 15.9 Å². The van der Waals surface area contributed by atoms with Crippen LogP contribution in [0.25, 0.3) is 0 Å². The summed E-state index contributed by atoms with van der Waals surface area (Å²) in [5.74, 6) is 0. The topological polar surface area (TPSA) is 23.8 Å². The summed E-state index contributed by atoms with van der Waals surface area (Å²) in [5, 5.41) is 8.45. The summed E-state index contributed by atoms with van der Waals surface area (Å²) in [6, 6.07) is 2.15. The van der Waals surface area contributed by atoms with Crippen LogP contribution in [0.2, 0.25) is 0 Å². The molecule has 0 heterocycles. The molecule has 0 bridgehead atoms. The van der Waals surface area contributed by atoms with Crippen molar-refractivity contribution in [2.24, 2.45) is 0 Å². The number of rotatable bonds is 1. The summed E-state index contributed by atoms with van der Waals surface area (Å²) < 4.78 is -0.0868. The fourth-order valence-electron chi connectivity index (χ4n) is 0.901. The second kappa shape index (κ2) is 3.03. The lowest BCUT2D eigenvalue weighted by Crippen LogP contribution is -2.16. The van der Waals surface area contributed by atoms with Gasteiger partial charge in [-0.15, -0.1) is 0 Å². The lowest BCUT2D eigenvalue weighted by molar-refractivity contribution is 0.751. The Balaban J connectivity index is 2.63. The van der Waals surface area contributed by atoms with Crippen molar-refractivity contribution in [3.63, 3.8) is 0 Å². The van der Waals surface area contributed by atoms with Crippen LogP contribution in [0, 0.1) is 11.3 Å². The summed E-state index contributed by atoms with van der Waals surface area (Å²) in [6.45, 7) is 0. The first-order chi connectivity index (χ1) is 4.77. The third-order valence-corrected chi connectivity index (χ3v) is 2.34. The molecule has 0 aliphatic heterocycles. The minimum atomic E-state index is -0.0868. The van der Waals surface area contributed by atoms with Crippen LogP contribution in [0.15, 0.2) is 24.3 Å². The van der Waals surface area contributed by atoms with Gasteiger partial charge in [0.2, 0.25) is 0 Å². The van der Waals surface area contributed by atoms with Gasteiger partial charge in [0.1, 0.15) is 0 Å². The summed E-state index contributed by atoms with van der Waals surface area (Å²) in [4.78, 5) is 0. The predicted octanol–water partition coefficient (Wildman–Crippen LogP) is 2.55. The van der Waals surface area contributed by atoms with Gasteiger partial charge in [0.15, 0.2) is 0 Å². The maximum absolute atomic E-state index is 8.45. The Kier molecular flexibility index (Phi) is 2.29. The second-order valence-corrected chi connectivity index (χ2v) is 3.94. The number of hydrogen-bond acceptors (Lipinski definition) is 1. The van der Waals surface area contributed by atoms with E-state index in [0.717, 1.165) is 6.42 Å². The van der Waals surface area contributed by atoms with E-state index in [4.69, 9.17) is 5.26 Å². The van der Waals surface area contributed by atoms with Gasteiger partial charge in [0, 0.05) is 0 Å². The van der Waals surface area contributed by atoms with E-state index in [2.05, 4.69) is 28.1 Å². The van der Waals surface area contributed by atoms with Crippen molar-refractivity contribution in [1.29, 1.82) is 5.26 Å².